The van der Waals surface area contributed by atoms with Crippen molar-refractivity contribution in [3.05, 3.63) is 87.4 Å². The predicted octanol–water partition coefficient (Wildman–Crippen LogP) is 5.06. The average molecular weight is 440 g/mol. The van der Waals surface area contributed by atoms with Crippen LogP contribution in [0.3, 0.4) is 0 Å². The first-order valence-corrected chi connectivity index (χ1v) is 10.1. The molecule has 150 valence electrons. The summed E-state index contributed by atoms with van der Waals surface area (Å²) in [6.45, 7) is -0.219. The number of nitrogens with one attached hydrogen (secondary N) is 1. The van der Waals surface area contributed by atoms with Crippen molar-refractivity contribution in [3.8, 4) is 11.5 Å². The highest BCUT2D eigenvalue weighted by Gasteiger charge is 2.18. The summed E-state index contributed by atoms with van der Waals surface area (Å²) < 4.78 is 10.8. The van der Waals surface area contributed by atoms with Crippen LogP contribution >= 0.6 is 22.9 Å². The second-order valence-electron chi connectivity index (χ2n) is 6.03. The number of rotatable bonds is 6. The van der Waals surface area contributed by atoms with Gasteiger partial charge in [0, 0.05) is 0 Å². The van der Waals surface area contributed by atoms with Crippen LogP contribution in [0.15, 0.2) is 70.5 Å². The highest BCUT2D eigenvalue weighted by Crippen LogP contribution is 2.26. The number of benzene rings is 2. The Kier molecular flexibility index (Phi) is 5.87. The standard InChI is InChI=1S/C21H14ClN3O4S/c22-15-8-3-1-6-13(15)20-25-24-18(29-20)12-28-21(27)14-7-2-4-9-16(14)23-19(26)17-10-5-11-30-17/h1-11H,12H2,(H,23,26). The number of hydrogen-bond acceptors (Lipinski definition) is 7. The largest absolute Gasteiger partial charge is 0.452 e. The minimum Gasteiger partial charge on any atom is -0.452 e. The maximum atomic E-state index is 12.6. The maximum Gasteiger partial charge on any atom is 0.340 e. The van der Waals surface area contributed by atoms with E-state index in [2.05, 4.69) is 15.5 Å². The number of aromatic nitrogens is 2. The first-order chi connectivity index (χ1) is 14.6. The first-order valence-electron chi connectivity index (χ1n) is 8.80. The van der Waals surface area contributed by atoms with Gasteiger partial charge in [0.2, 0.25) is 5.89 Å². The number of amides is 1. The van der Waals surface area contributed by atoms with E-state index in [4.69, 9.17) is 20.8 Å². The van der Waals surface area contributed by atoms with E-state index >= 15 is 0 Å². The van der Waals surface area contributed by atoms with Crippen molar-refractivity contribution in [3.63, 3.8) is 0 Å². The summed E-state index contributed by atoms with van der Waals surface area (Å²) in [4.78, 5) is 25.4. The van der Waals surface area contributed by atoms with Gasteiger partial charge in [0.25, 0.3) is 11.8 Å². The van der Waals surface area contributed by atoms with Gasteiger partial charge in [-0.25, -0.2) is 4.79 Å². The van der Waals surface area contributed by atoms with E-state index in [1.165, 1.54) is 11.3 Å². The van der Waals surface area contributed by atoms with E-state index in [1.54, 1.807) is 66.0 Å². The molecular weight excluding hydrogens is 426 g/mol. The van der Waals surface area contributed by atoms with Gasteiger partial charge in [-0.05, 0) is 35.7 Å². The topological polar surface area (TPSA) is 94.3 Å². The molecule has 1 N–H and O–H groups in total. The Morgan fingerprint density at radius 3 is 2.63 bits per heavy atom. The second kappa shape index (κ2) is 8.89. The molecule has 0 fully saturated rings. The molecule has 4 aromatic rings. The average Bonchev–Trinajstić information content (AvgIpc) is 3.45. The van der Waals surface area contributed by atoms with Crippen LogP contribution < -0.4 is 5.32 Å². The lowest BCUT2D eigenvalue weighted by Crippen LogP contribution is -2.15. The maximum absolute atomic E-state index is 12.6. The predicted molar refractivity (Wildman–Crippen MR) is 113 cm³/mol. The van der Waals surface area contributed by atoms with Crippen molar-refractivity contribution in [1.82, 2.24) is 10.2 Å². The zero-order valence-corrected chi connectivity index (χ0v) is 16.9. The van der Waals surface area contributed by atoms with Crippen molar-refractivity contribution < 1.29 is 18.7 Å². The summed E-state index contributed by atoms with van der Waals surface area (Å²) in [5, 5.41) is 12.8. The highest BCUT2D eigenvalue weighted by atomic mass is 35.5. The van der Waals surface area contributed by atoms with Crippen LogP contribution in [0, 0.1) is 0 Å². The van der Waals surface area contributed by atoms with Gasteiger partial charge in [0.05, 0.1) is 26.7 Å². The van der Waals surface area contributed by atoms with Crippen LogP contribution in [0.5, 0.6) is 0 Å². The van der Waals surface area contributed by atoms with Crippen LogP contribution in [0.4, 0.5) is 5.69 Å². The molecule has 1 amide bonds. The molecule has 2 aromatic heterocycles. The highest BCUT2D eigenvalue weighted by molar-refractivity contribution is 7.12. The molecule has 0 spiro atoms. The van der Waals surface area contributed by atoms with Gasteiger partial charge in [-0.3, -0.25) is 4.79 Å². The normalized spacial score (nSPS) is 10.6. The number of carbonyl (C=O) groups excluding carboxylic acids is 2. The number of thiophene rings is 1. The van der Waals surface area contributed by atoms with Crippen LogP contribution in [-0.4, -0.2) is 22.1 Å². The number of ether oxygens (including phenoxy) is 1. The zero-order chi connectivity index (χ0) is 20.9. The molecule has 2 heterocycles. The van der Waals surface area contributed by atoms with E-state index in [-0.39, 0.29) is 29.9 Å². The van der Waals surface area contributed by atoms with Gasteiger partial charge < -0.3 is 14.5 Å². The van der Waals surface area contributed by atoms with E-state index in [9.17, 15) is 9.59 Å². The third kappa shape index (κ3) is 4.40. The van der Waals surface area contributed by atoms with Gasteiger partial charge in [-0.1, -0.05) is 41.9 Å². The zero-order valence-electron chi connectivity index (χ0n) is 15.4. The summed E-state index contributed by atoms with van der Waals surface area (Å²) in [5.41, 5.74) is 1.15. The number of hydrogen-bond donors (Lipinski definition) is 1. The fraction of sp³-hybridized carbons (Fsp3) is 0.0476. The SMILES string of the molecule is O=C(Nc1ccccc1C(=O)OCc1nnc(-c2ccccc2Cl)o1)c1cccs1. The fourth-order valence-corrected chi connectivity index (χ4v) is 3.46. The van der Waals surface area contributed by atoms with Gasteiger partial charge in [-0.2, -0.15) is 0 Å². The summed E-state index contributed by atoms with van der Waals surface area (Å²) in [6.07, 6.45) is 0. The first kappa shape index (κ1) is 19.8. The molecule has 0 atom stereocenters. The van der Waals surface area contributed by atoms with Crippen molar-refractivity contribution in [2.24, 2.45) is 0 Å². The van der Waals surface area contributed by atoms with E-state index in [0.717, 1.165) is 0 Å². The van der Waals surface area contributed by atoms with E-state index in [1.807, 2.05) is 0 Å². The molecule has 0 radical (unpaired) electrons. The number of esters is 1. The molecule has 0 bridgehead atoms. The van der Waals surface area contributed by atoms with Crippen LogP contribution in [-0.2, 0) is 11.3 Å². The number of anilines is 1. The van der Waals surface area contributed by atoms with Crippen molar-refractivity contribution in [2.75, 3.05) is 5.32 Å². The monoisotopic (exact) mass is 439 g/mol. The van der Waals surface area contributed by atoms with Crippen LogP contribution in [0.25, 0.3) is 11.5 Å². The van der Waals surface area contributed by atoms with Crippen LogP contribution in [0.1, 0.15) is 25.9 Å². The molecule has 7 nitrogen and oxygen atoms in total. The molecule has 0 saturated heterocycles. The minimum atomic E-state index is -0.630. The molecule has 0 aliphatic carbocycles. The molecule has 0 saturated carbocycles. The Hall–Kier alpha value is -3.49. The van der Waals surface area contributed by atoms with Gasteiger partial charge in [0.15, 0.2) is 6.61 Å². The molecule has 9 heteroatoms. The second-order valence-corrected chi connectivity index (χ2v) is 7.39. The van der Waals surface area contributed by atoms with Gasteiger partial charge in [0.1, 0.15) is 0 Å². The van der Waals surface area contributed by atoms with Gasteiger partial charge in [-0.15, -0.1) is 21.5 Å². The van der Waals surface area contributed by atoms with E-state index in [0.29, 0.717) is 21.2 Å². The Balaban J connectivity index is 1.44. The lowest BCUT2D eigenvalue weighted by atomic mass is 10.2. The molecular formula is C21H14ClN3O4S. The lowest BCUT2D eigenvalue weighted by Gasteiger charge is -2.09. The lowest BCUT2D eigenvalue weighted by molar-refractivity contribution is 0.0440. The number of halogens is 1. The molecule has 30 heavy (non-hydrogen) atoms. The molecule has 0 aliphatic rings. The number of nitrogens with zero attached hydrogens (tertiary/aromatic N) is 2. The third-order valence-corrected chi connectivity index (χ3v) is 5.24. The summed E-state index contributed by atoms with van der Waals surface area (Å²) >= 11 is 7.43. The molecule has 2 aromatic carbocycles. The molecule has 4 rings (SSSR count). The minimum absolute atomic E-state index is 0.123. The van der Waals surface area contributed by atoms with Crippen molar-refractivity contribution in [1.29, 1.82) is 0 Å². The van der Waals surface area contributed by atoms with Crippen LogP contribution in [0.2, 0.25) is 5.02 Å². The Morgan fingerprint density at radius 2 is 1.83 bits per heavy atom. The number of para-hydroxylation sites is 1. The third-order valence-electron chi connectivity index (χ3n) is 4.04. The Bertz CT molecular complexity index is 1190. The van der Waals surface area contributed by atoms with Gasteiger partial charge >= 0.3 is 5.97 Å². The summed E-state index contributed by atoms with van der Waals surface area (Å²) in [7, 11) is 0. The quantitative estimate of drug-likeness (QED) is 0.422. The van der Waals surface area contributed by atoms with Crippen molar-refractivity contribution in [2.45, 2.75) is 6.61 Å². The fourth-order valence-electron chi connectivity index (χ4n) is 2.62. The summed E-state index contributed by atoms with van der Waals surface area (Å²) in [5.74, 6) is -0.574. The summed E-state index contributed by atoms with van der Waals surface area (Å²) in [6, 6.07) is 17.1. The smallest absolute Gasteiger partial charge is 0.340 e. The Morgan fingerprint density at radius 1 is 1.03 bits per heavy atom. The number of carbonyl (C=O) groups is 2. The Labute approximate surface area is 180 Å². The van der Waals surface area contributed by atoms with Crippen molar-refractivity contribution >= 4 is 40.5 Å². The molecule has 0 unspecified atom stereocenters. The van der Waals surface area contributed by atoms with E-state index < -0.39 is 5.97 Å². The molecule has 0 aliphatic heterocycles.